The number of urea groups is 1. The average Bonchev–Trinajstić information content (AvgIpc) is 3.08. The van der Waals surface area contributed by atoms with Gasteiger partial charge in [0.05, 0.1) is 35.4 Å². The summed E-state index contributed by atoms with van der Waals surface area (Å²) < 4.78 is 53.9. The molecule has 0 aliphatic carbocycles. The van der Waals surface area contributed by atoms with Crippen LogP contribution in [0.4, 0.5) is 18.0 Å². The summed E-state index contributed by atoms with van der Waals surface area (Å²) in [6, 6.07) is 0.848. The molecular weight excluding hydrogens is 426 g/mol. The van der Waals surface area contributed by atoms with E-state index < -0.39 is 30.3 Å². The predicted molar refractivity (Wildman–Crippen MR) is 96.1 cm³/mol. The monoisotopic (exact) mass is 443 g/mol. The Labute approximate surface area is 168 Å². The van der Waals surface area contributed by atoms with Crippen molar-refractivity contribution in [1.29, 1.82) is 0 Å². The Morgan fingerprint density at radius 2 is 1.93 bits per heavy atom. The van der Waals surface area contributed by atoms with Crippen LogP contribution in [-0.4, -0.2) is 38.3 Å². The third-order valence-corrected chi connectivity index (χ3v) is 3.99. The van der Waals surface area contributed by atoms with Crippen molar-refractivity contribution in [1.82, 2.24) is 10.6 Å². The van der Waals surface area contributed by atoms with Crippen molar-refractivity contribution in [3.05, 3.63) is 39.5 Å². The van der Waals surface area contributed by atoms with Crippen LogP contribution in [0.1, 0.15) is 12.5 Å². The van der Waals surface area contributed by atoms with Gasteiger partial charge in [0.1, 0.15) is 0 Å². The average molecular weight is 444 g/mol. The largest absolute Gasteiger partial charge is 0.469 e. The molecule has 2 rings (SSSR count). The number of hydrogen-bond donors (Lipinski definition) is 3. The highest BCUT2D eigenvalue weighted by Crippen LogP contribution is 2.40. The van der Waals surface area contributed by atoms with Crippen LogP contribution in [0.3, 0.4) is 0 Å². The van der Waals surface area contributed by atoms with Gasteiger partial charge in [-0.25, -0.2) is 4.79 Å². The van der Waals surface area contributed by atoms with Crippen LogP contribution in [0.5, 0.6) is 5.75 Å². The van der Waals surface area contributed by atoms with Crippen LogP contribution < -0.4 is 21.1 Å². The second kappa shape index (κ2) is 9.66. The summed E-state index contributed by atoms with van der Waals surface area (Å²) in [5.41, 5.74) is 5.09. The van der Waals surface area contributed by atoms with Gasteiger partial charge in [-0.3, -0.25) is 5.73 Å². The highest BCUT2D eigenvalue weighted by Gasteiger charge is 2.32. The molecular formula is C16H18Cl2F3N3O4. The topological polar surface area (TPSA) is 94.8 Å². The highest BCUT2D eigenvalue weighted by atomic mass is 35.5. The molecule has 1 unspecified atom stereocenters. The zero-order valence-corrected chi connectivity index (χ0v) is 16.1. The third kappa shape index (κ3) is 6.71. The number of halogens is 5. The SMILES string of the molecule is C/C(=C/C(N)Oc1c(Cl)cc(C(F)(F)F)cc1Cl)NC(=O)NCC1OCCO1. The lowest BCUT2D eigenvalue weighted by atomic mass is 10.2. The minimum Gasteiger partial charge on any atom is -0.469 e. The van der Waals surface area contributed by atoms with Crippen molar-refractivity contribution in [2.45, 2.75) is 25.6 Å². The van der Waals surface area contributed by atoms with Gasteiger partial charge in [-0.1, -0.05) is 23.2 Å². The summed E-state index contributed by atoms with van der Waals surface area (Å²) >= 11 is 11.6. The minimum atomic E-state index is -4.60. The fourth-order valence-electron chi connectivity index (χ4n) is 2.22. The Hall–Kier alpha value is -1.72. The molecule has 1 saturated heterocycles. The lowest BCUT2D eigenvalue weighted by Gasteiger charge is -2.17. The number of alkyl halides is 3. The first kappa shape index (κ1) is 22.6. The molecule has 1 atom stereocenters. The quantitative estimate of drug-likeness (QED) is 0.586. The molecule has 1 fully saturated rings. The van der Waals surface area contributed by atoms with Gasteiger partial charge in [0.2, 0.25) is 0 Å². The maximum Gasteiger partial charge on any atom is 0.416 e. The van der Waals surface area contributed by atoms with E-state index in [1.165, 1.54) is 6.08 Å². The van der Waals surface area contributed by atoms with E-state index in [9.17, 15) is 18.0 Å². The van der Waals surface area contributed by atoms with Crippen LogP contribution in [0, 0.1) is 0 Å². The molecule has 12 heteroatoms. The van der Waals surface area contributed by atoms with E-state index in [0.717, 1.165) is 0 Å². The van der Waals surface area contributed by atoms with E-state index >= 15 is 0 Å². The molecule has 1 aromatic rings. The number of nitrogens with one attached hydrogen (secondary N) is 2. The number of benzene rings is 1. The molecule has 0 bridgehead atoms. The fourth-order valence-corrected chi connectivity index (χ4v) is 2.79. The van der Waals surface area contributed by atoms with Gasteiger partial charge < -0.3 is 24.8 Å². The van der Waals surface area contributed by atoms with Crippen molar-refractivity contribution in [2.24, 2.45) is 5.73 Å². The zero-order valence-electron chi connectivity index (χ0n) is 14.6. The Kier molecular flexibility index (Phi) is 7.79. The third-order valence-electron chi connectivity index (χ3n) is 3.42. The second-order valence-corrected chi connectivity index (χ2v) is 6.52. The van der Waals surface area contributed by atoms with Gasteiger partial charge in [-0.15, -0.1) is 0 Å². The van der Waals surface area contributed by atoms with Crippen molar-refractivity contribution in [3.63, 3.8) is 0 Å². The molecule has 2 amide bonds. The van der Waals surface area contributed by atoms with E-state index in [1.807, 2.05) is 0 Å². The maximum absolute atomic E-state index is 12.7. The number of ether oxygens (including phenoxy) is 3. The number of hydrogen-bond acceptors (Lipinski definition) is 5. The molecule has 0 radical (unpaired) electrons. The highest BCUT2D eigenvalue weighted by molar-refractivity contribution is 6.37. The van der Waals surface area contributed by atoms with Crippen molar-refractivity contribution >= 4 is 29.2 Å². The lowest BCUT2D eigenvalue weighted by molar-refractivity contribution is -0.137. The summed E-state index contributed by atoms with van der Waals surface area (Å²) in [6.07, 6.45) is -4.90. The number of carbonyl (C=O) groups is 1. The van der Waals surface area contributed by atoms with Crippen LogP contribution in [0.25, 0.3) is 0 Å². The summed E-state index contributed by atoms with van der Waals surface area (Å²) in [5, 5.41) is 4.36. The van der Waals surface area contributed by atoms with Crippen LogP contribution >= 0.6 is 23.2 Å². The van der Waals surface area contributed by atoms with E-state index in [1.54, 1.807) is 6.92 Å². The molecule has 0 saturated carbocycles. The number of nitrogens with two attached hydrogens (primary N) is 1. The second-order valence-electron chi connectivity index (χ2n) is 5.71. The van der Waals surface area contributed by atoms with Gasteiger partial charge in [-0.2, -0.15) is 13.2 Å². The fraction of sp³-hybridized carbons (Fsp3) is 0.438. The van der Waals surface area contributed by atoms with Crippen molar-refractivity contribution in [2.75, 3.05) is 19.8 Å². The first-order valence-corrected chi connectivity index (χ1v) is 8.77. The van der Waals surface area contributed by atoms with Crippen LogP contribution in [0.15, 0.2) is 23.9 Å². The maximum atomic E-state index is 12.7. The zero-order chi connectivity index (χ0) is 20.9. The van der Waals surface area contributed by atoms with Crippen molar-refractivity contribution < 1.29 is 32.2 Å². The number of rotatable bonds is 6. The molecule has 28 heavy (non-hydrogen) atoms. The van der Waals surface area contributed by atoms with Crippen molar-refractivity contribution in [3.8, 4) is 5.75 Å². The minimum absolute atomic E-state index is 0.165. The first-order chi connectivity index (χ1) is 13.1. The van der Waals surface area contributed by atoms with Gasteiger partial charge >= 0.3 is 12.2 Å². The summed E-state index contributed by atoms with van der Waals surface area (Å²) in [6.45, 7) is 2.64. The predicted octanol–water partition coefficient (Wildman–Crippen LogP) is 3.25. The molecule has 4 N–H and O–H groups in total. The summed E-state index contributed by atoms with van der Waals surface area (Å²) in [5.74, 6) is -0.201. The smallest absolute Gasteiger partial charge is 0.416 e. The molecule has 0 aromatic heterocycles. The van der Waals surface area contributed by atoms with Crippen LogP contribution in [-0.2, 0) is 15.7 Å². The molecule has 1 aromatic carbocycles. The molecule has 156 valence electrons. The summed E-state index contributed by atoms with van der Waals surface area (Å²) in [4.78, 5) is 11.8. The van der Waals surface area contributed by atoms with E-state index in [2.05, 4.69) is 10.6 Å². The van der Waals surface area contributed by atoms with Crippen LogP contribution in [0.2, 0.25) is 10.0 Å². The van der Waals surface area contributed by atoms with Gasteiger partial charge in [0.15, 0.2) is 18.3 Å². The van der Waals surface area contributed by atoms with E-state index in [4.69, 9.17) is 43.1 Å². The number of carbonyl (C=O) groups excluding carboxylic acids is 1. The first-order valence-electron chi connectivity index (χ1n) is 8.01. The van der Waals surface area contributed by atoms with E-state index in [0.29, 0.717) is 31.0 Å². The molecule has 1 aliphatic heterocycles. The normalized spacial score (nSPS) is 16.8. The summed E-state index contributed by atoms with van der Waals surface area (Å²) in [7, 11) is 0. The molecule has 7 nitrogen and oxygen atoms in total. The molecule has 0 spiro atoms. The number of amides is 2. The van der Waals surface area contributed by atoms with E-state index in [-0.39, 0.29) is 22.3 Å². The van der Waals surface area contributed by atoms with Gasteiger partial charge in [-0.05, 0) is 25.1 Å². The lowest BCUT2D eigenvalue weighted by Crippen LogP contribution is -2.39. The standard InChI is InChI=1S/C16H18Cl2F3N3O4/c1-8(24-15(25)23-7-13-26-2-3-27-13)4-12(22)28-14-10(17)5-9(6-11(14)18)16(19,20)21/h4-6,12-13H,2-3,7,22H2,1H3,(H2,23,24,25)/b8-4-. The Bertz CT molecular complexity index is 717. The Balaban J connectivity index is 1.92. The Morgan fingerprint density at radius 1 is 1.36 bits per heavy atom. The van der Waals surface area contributed by atoms with Gasteiger partial charge in [0, 0.05) is 5.70 Å². The van der Waals surface area contributed by atoms with Gasteiger partial charge in [0.25, 0.3) is 0 Å². The molecule has 1 heterocycles. The number of allylic oxidation sites excluding steroid dienone is 1. The molecule has 1 aliphatic rings. The Morgan fingerprint density at radius 3 is 2.46 bits per heavy atom.